The maximum atomic E-state index is 5.42. The number of methoxy groups -OCH3 is 2. The predicted molar refractivity (Wildman–Crippen MR) is 83.1 cm³/mol. The molecule has 4 nitrogen and oxygen atoms in total. The van der Waals surface area contributed by atoms with Gasteiger partial charge in [0.25, 0.3) is 0 Å². The maximum absolute atomic E-state index is 5.42. The SMILES string of the molecule is CCC1CNC(C)(C)CN1c1ccc(OC)c(OC)c1. The van der Waals surface area contributed by atoms with Gasteiger partial charge in [0.15, 0.2) is 11.5 Å². The first-order valence-electron chi connectivity index (χ1n) is 7.24. The Kier molecular flexibility index (Phi) is 4.43. The van der Waals surface area contributed by atoms with Crippen molar-refractivity contribution in [3.8, 4) is 11.5 Å². The molecule has 0 radical (unpaired) electrons. The smallest absolute Gasteiger partial charge is 0.162 e. The molecule has 0 bridgehead atoms. The summed E-state index contributed by atoms with van der Waals surface area (Å²) in [6.07, 6.45) is 1.12. The van der Waals surface area contributed by atoms with E-state index in [2.05, 4.69) is 43.1 Å². The van der Waals surface area contributed by atoms with Crippen LogP contribution in [0.25, 0.3) is 0 Å². The topological polar surface area (TPSA) is 33.7 Å². The van der Waals surface area contributed by atoms with Gasteiger partial charge in [0.1, 0.15) is 0 Å². The highest BCUT2D eigenvalue weighted by Crippen LogP contribution is 2.34. The second-order valence-corrected chi connectivity index (χ2v) is 5.99. The van der Waals surface area contributed by atoms with Gasteiger partial charge in [-0.1, -0.05) is 6.92 Å². The number of hydrogen-bond acceptors (Lipinski definition) is 4. The van der Waals surface area contributed by atoms with E-state index in [-0.39, 0.29) is 5.54 Å². The molecule has 4 heteroatoms. The highest BCUT2D eigenvalue weighted by Gasteiger charge is 2.32. The fourth-order valence-electron chi connectivity index (χ4n) is 2.79. The molecule has 20 heavy (non-hydrogen) atoms. The Morgan fingerprint density at radius 3 is 2.55 bits per heavy atom. The minimum absolute atomic E-state index is 0.124. The van der Waals surface area contributed by atoms with Crippen molar-refractivity contribution < 1.29 is 9.47 Å². The van der Waals surface area contributed by atoms with E-state index in [0.717, 1.165) is 31.0 Å². The minimum Gasteiger partial charge on any atom is -0.493 e. The fourth-order valence-corrected chi connectivity index (χ4v) is 2.79. The molecule has 1 aromatic carbocycles. The largest absolute Gasteiger partial charge is 0.493 e. The maximum Gasteiger partial charge on any atom is 0.162 e. The average Bonchev–Trinajstić information content (AvgIpc) is 2.45. The molecular weight excluding hydrogens is 252 g/mol. The summed E-state index contributed by atoms with van der Waals surface area (Å²) in [4.78, 5) is 2.47. The first kappa shape index (κ1) is 15.0. The van der Waals surface area contributed by atoms with Crippen LogP contribution in [0.3, 0.4) is 0 Å². The van der Waals surface area contributed by atoms with Crippen molar-refractivity contribution in [2.45, 2.75) is 38.8 Å². The van der Waals surface area contributed by atoms with Crippen molar-refractivity contribution in [3.63, 3.8) is 0 Å². The van der Waals surface area contributed by atoms with Crippen LogP contribution in [0, 0.1) is 0 Å². The third kappa shape index (κ3) is 3.01. The van der Waals surface area contributed by atoms with Crippen LogP contribution in [0.1, 0.15) is 27.2 Å². The van der Waals surface area contributed by atoms with Crippen LogP contribution in [0.5, 0.6) is 11.5 Å². The molecule has 1 saturated heterocycles. The number of nitrogens with zero attached hydrogens (tertiary/aromatic N) is 1. The number of piperazine rings is 1. The van der Waals surface area contributed by atoms with E-state index in [1.54, 1.807) is 14.2 Å². The lowest BCUT2D eigenvalue weighted by Gasteiger charge is -2.46. The standard InChI is InChI=1S/C16H26N2O2/c1-6-12-10-17-16(2,3)11-18(12)13-7-8-14(19-4)15(9-13)20-5/h7-9,12,17H,6,10-11H2,1-5H3. The zero-order chi connectivity index (χ0) is 14.8. The molecule has 1 aromatic rings. The number of ether oxygens (including phenoxy) is 2. The molecule has 1 unspecified atom stereocenters. The Labute approximate surface area is 122 Å². The van der Waals surface area contributed by atoms with Gasteiger partial charge in [-0.3, -0.25) is 0 Å². The highest BCUT2D eigenvalue weighted by atomic mass is 16.5. The predicted octanol–water partition coefficient (Wildman–Crippen LogP) is 2.67. The zero-order valence-electron chi connectivity index (χ0n) is 13.2. The number of rotatable bonds is 4. The summed E-state index contributed by atoms with van der Waals surface area (Å²) >= 11 is 0. The molecule has 112 valence electrons. The van der Waals surface area contributed by atoms with Crippen LogP contribution in [0.15, 0.2) is 18.2 Å². The Balaban J connectivity index is 2.32. The molecule has 0 saturated carbocycles. The van der Waals surface area contributed by atoms with E-state index in [0.29, 0.717) is 6.04 Å². The van der Waals surface area contributed by atoms with Crippen molar-refractivity contribution in [2.24, 2.45) is 0 Å². The fraction of sp³-hybridized carbons (Fsp3) is 0.625. The Morgan fingerprint density at radius 1 is 1.25 bits per heavy atom. The first-order chi connectivity index (χ1) is 9.50. The van der Waals surface area contributed by atoms with E-state index in [1.807, 2.05) is 6.07 Å². The van der Waals surface area contributed by atoms with Crippen molar-refractivity contribution >= 4 is 5.69 Å². The molecule has 1 atom stereocenters. The lowest BCUT2D eigenvalue weighted by atomic mass is 9.97. The van der Waals surface area contributed by atoms with Gasteiger partial charge in [-0.05, 0) is 32.4 Å². The van der Waals surface area contributed by atoms with Gasteiger partial charge < -0.3 is 19.7 Å². The first-order valence-corrected chi connectivity index (χ1v) is 7.24. The van der Waals surface area contributed by atoms with Gasteiger partial charge in [0, 0.05) is 36.4 Å². The van der Waals surface area contributed by atoms with E-state index < -0.39 is 0 Å². The molecule has 1 fully saturated rings. The van der Waals surface area contributed by atoms with E-state index in [9.17, 15) is 0 Å². The third-order valence-electron chi connectivity index (χ3n) is 3.99. The second kappa shape index (κ2) is 5.92. The van der Waals surface area contributed by atoms with Crippen molar-refractivity contribution in [1.29, 1.82) is 0 Å². The summed E-state index contributed by atoms with van der Waals surface area (Å²) in [5, 5.41) is 3.61. The van der Waals surface area contributed by atoms with E-state index >= 15 is 0 Å². The molecule has 1 aliphatic rings. The second-order valence-electron chi connectivity index (χ2n) is 5.99. The summed E-state index contributed by atoms with van der Waals surface area (Å²) in [6, 6.07) is 6.69. The van der Waals surface area contributed by atoms with Crippen molar-refractivity contribution in [2.75, 3.05) is 32.2 Å². The molecular formula is C16H26N2O2. The summed E-state index contributed by atoms with van der Waals surface area (Å²) in [6.45, 7) is 8.72. The molecule has 0 aliphatic carbocycles. The lowest BCUT2D eigenvalue weighted by molar-refractivity contribution is 0.305. The minimum atomic E-state index is 0.124. The Hall–Kier alpha value is -1.42. The quantitative estimate of drug-likeness (QED) is 0.918. The van der Waals surface area contributed by atoms with Gasteiger partial charge in [-0.25, -0.2) is 0 Å². The average molecular weight is 278 g/mol. The van der Waals surface area contributed by atoms with Crippen LogP contribution >= 0.6 is 0 Å². The monoisotopic (exact) mass is 278 g/mol. The molecule has 0 spiro atoms. The number of anilines is 1. The summed E-state index contributed by atoms with van der Waals surface area (Å²) < 4.78 is 10.7. The van der Waals surface area contributed by atoms with Crippen molar-refractivity contribution in [3.05, 3.63) is 18.2 Å². The van der Waals surface area contributed by atoms with Crippen molar-refractivity contribution in [1.82, 2.24) is 5.32 Å². The van der Waals surface area contributed by atoms with Crippen LogP contribution in [0.2, 0.25) is 0 Å². The summed E-state index contributed by atoms with van der Waals surface area (Å²) in [7, 11) is 3.35. The highest BCUT2D eigenvalue weighted by molar-refractivity contribution is 5.57. The normalized spacial score (nSPS) is 21.6. The number of nitrogens with one attached hydrogen (secondary N) is 1. The molecule has 1 heterocycles. The summed E-state index contributed by atoms with van der Waals surface area (Å²) in [5.41, 5.74) is 1.32. The molecule has 0 aromatic heterocycles. The zero-order valence-corrected chi connectivity index (χ0v) is 13.2. The van der Waals surface area contributed by atoms with Gasteiger partial charge in [-0.15, -0.1) is 0 Å². The third-order valence-corrected chi connectivity index (χ3v) is 3.99. The summed E-state index contributed by atoms with van der Waals surface area (Å²) in [5.74, 6) is 1.56. The van der Waals surface area contributed by atoms with Gasteiger partial charge >= 0.3 is 0 Å². The molecule has 1 aliphatic heterocycles. The van der Waals surface area contributed by atoms with Gasteiger partial charge in [0.2, 0.25) is 0 Å². The lowest BCUT2D eigenvalue weighted by Crippen LogP contribution is -2.61. The van der Waals surface area contributed by atoms with Crippen LogP contribution < -0.4 is 19.7 Å². The van der Waals surface area contributed by atoms with Gasteiger partial charge in [-0.2, -0.15) is 0 Å². The molecule has 1 N–H and O–H groups in total. The number of benzene rings is 1. The van der Waals surface area contributed by atoms with E-state index in [1.165, 1.54) is 5.69 Å². The van der Waals surface area contributed by atoms with Gasteiger partial charge in [0.05, 0.1) is 14.2 Å². The van der Waals surface area contributed by atoms with Crippen LogP contribution in [0.4, 0.5) is 5.69 Å². The van der Waals surface area contributed by atoms with E-state index in [4.69, 9.17) is 9.47 Å². The van der Waals surface area contributed by atoms with Crippen LogP contribution in [-0.4, -0.2) is 38.9 Å². The Morgan fingerprint density at radius 2 is 1.95 bits per heavy atom. The molecule has 2 rings (SSSR count). The Bertz CT molecular complexity index is 460. The van der Waals surface area contributed by atoms with Crippen LogP contribution in [-0.2, 0) is 0 Å². The number of hydrogen-bond donors (Lipinski definition) is 1. The molecule has 0 amide bonds.